The maximum atomic E-state index is 13.9. The number of carbonyl (C=O) groups is 1. The molecule has 2 rings (SSSR count). The van der Waals surface area contributed by atoms with E-state index in [1.807, 2.05) is 0 Å². The van der Waals surface area contributed by atoms with E-state index in [1.54, 1.807) is 0 Å². The molecule has 4 N–H and O–H groups in total. The van der Waals surface area contributed by atoms with Gasteiger partial charge in [0, 0.05) is 17.8 Å². The highest BCUT2D eigenvalue weighted by atomic mass is 19.3. The monoisotopic (exact) mass is 335 g/mol. The van der Waals surface area contributed by atoms with Crippen LogP contribution >= 0.6 is 0 Å². The summed E-state index contributed by atoms with van der Waals surface area (Å²) in [6.07, 6.45) is -4.59. The van der Waals surface area contributed by atoms with Crippen LogP contribution in [-0.2, 0) is 9.53 Å². The molecule has 126 valence electrons. The summed E-state index contributed by atoms with van der Waals surface area (Å²) < 4.78 is 46.4. The van der Waals surface area contributed by atoms with Crippen LogP contribution in [0.5, 0.6) is 0 Å². The summed E-state index contributed by atoms with van der Waals surface area (Å²) in [5.41, 5.74) is 4.04. The quantitative estimate of drug-likeness (QED) is 0.649. The topological polar surface area (TPSA) is 128 Å². The van der Waals surface area contributed by atoms with E-state index in [4.69, 9.17) is 20.7 Å². The zero-order chi connectivity index (χ0) is 17.4. The number of halogens is 3. The molecule has 0 spiro atoms. The maximum absolute atomic E-state index is 13.9. The Morgan fingerprint density at radius 3 is 2.74 bits per heavy atom. The van der Waals surface area contributed by atoms with Gasteiger partial charge in [-0.15, -0.1) is 0 Å². The summed E-state index contributed by atoms with van der Waals surface area (Å²) in [4.78, 5) is 25.5. The van der Waals surface area contributed by atoms with Gasteiger partial charge in [-0.2, -0.15) is 13.8 Å². The Morgan fingerprint density at radius 1 is 1.57 bits per heavy atom. The van der Waals surface area contributed by atoms with Crippen molar-refractivity contribution in [3.8, 4) is 0 Å². The number of aromatic nitrogens is 2. The molecule has 1 aliphatic rings. The highest BCUT2D eigenvalue weighted by Gasteiger charge is 2.60. The van der Waals surface area contributed by atoms with Crippen LogP contribution in [0.2, 0.25) is 0 Å². The van der Waals surface area contributed by atoms with Gasteiger partial charge in [0.25, 0.3) is 0 Å². The molecule has 3 atom stereocenters. The number of rotatable bonds is 4. The summed E-state index contributed by atoms with van der Waals surface area (Å²) in [5, 5.41) is 17.4. The van der Waals surface area contributed by atoms with E-state index in [9.17, 15) is 22.8 Å². The summed E-state index contributed by atoms with van der Waals surface area (Å²) in [6, 6.07) is 0. The van der Waals surface area contributed by atoms with Crippen LogP contribution in [0.4, 0.5) is 19.0 Å². The lowest BCUT2D eigenvalue weighted by Gasteiger charge is -2.20. The van der Waals surface area contributed by atoms with Gasteiger partial charge in [0.1, 0.15) is 11.9 Å². The number of hydrogen-bond donors (Lipinski definition) is 3. The molecule has 1 aliphatic heterocycles. The van der Waals surface area contributed by atoms with E-state index in [0.29, 0.717) is 10.6 Å². The zero-order valence-corrected chi connectivity index (χ0v) is 11.4. The molecule has 1 aromatic heterocycles. The maximum Gasteiger partial charge on any atom is 0.351 e. The molecule has 1 aromatic rings. The molecule has 3 unspecified atom stereocenters. The Kier molecular flexibility index (Phi) is 4.43. The molecule has 1 fully saturated rings. The number of aliphatic carboxylic acids is 1. The van der Waals surface area contributed by atoms with Crippen molar-refractivity contribution < 1.29 is 32.9 Å². The van der Waals surface area contributed by atoms with E-state index in [2.05, 4.69) is 4.98 Å². The van der Waals surface area contributed by atoms with Gasteiger partial charge in [-0.1, -0.05) is 0 Å². The van der Waals surface area contributed by atoms with Crippen LogP contribution < -0.4 is 11.4 Å². The van der Waals surface area contributed by atoms with Gasteiger partial charge < -0.3 is 20.7 Å². The van der Waals surface area contributed by atoms with Gasteiger partial charge in [-0.3, -0.25) is 4.57 Å². The lowest BCUT2D eigenvalue weighted by molar-refractivity contribution is -0.131. The first kappa shape index (κ1) is 17.0. The third-order valence-corrected chi connectivity index (χ3v) is 3.18. The number of hydrogen-bond acceptors (Lipinski definition) is 6. The molecule has 0 amide bonds. The van der Waals surface area contributed by atoms with E-state index in [-0.39, 0.29) is 11.4 Å². The van der Waals surface area contributed by atoms with Crippen molar-refractivity contribution in [1.29, 1.82) is 0 Å². The van der Waals surface area contributed by atoms with Crippen molar-refractivity contribution in [2.45, 2.75) is 24.4 Å². The first-order valence-corrected chi connectivity index (χ1v) is 6.26. The van der Waals surface area contributed by atoms with E-state index >= 15 is 0 Å². The van der Waals surface area contributed by atoms with Crippen molar-refractivity contribution in [3.05, 3.63) is 28.3 Å². The second kappa shape index (κ2) is 6.01. The van der Waals surface area contributed by atoms with Crippen molar-refractivity contribution in [2.75, 3.05) is 12.3 Å². The Balaban J connectivity index is 2.49. The van der Waals surface area contributed by atoms with Crippen LogP contribution in [0, 0.1) is 0 Å². The summed E-state index contributed by atoms with van der Waals surface area (Å²) in [6.45, 7) is -1.00. The van der Waals surface area contributed by atoms with E-state index in [0.717, 1.165) is 12.3 Å². The number of nitrogens with two attached hydrogens (primary N) is 1. The first-order chi connectivity index (χ1) is 10.7. The Morgan fingerprint density at radius 2 is 2.22 bits per heavy atom. The second-order valence-corrected chi connectivity index (χ2v) is 4.73. The first-order valence-electron chi connectivity index (χ1n) is 6.26. The number of carboxylic acids is 1. The van der Waals surface area contributed by atoms with Gasteiger partial charge in [0.05, 0.1) is 6.61 Å². The largest absolute Gasteiger partial charge is 0.478 e. The molecule has 0 saturated carbocycles. The predicted molar refractivity (Wildman–Crippen MR) is 70.4 cm³/mol. The SMILES string of the molecule is Nc1nc(=O)n(C2OC(CO)C(F)C2(F)F)cc1/C=C/C(=O)O. The zero-order valence-electron chi connectivity index (χ0n) is 11.4. The van der Waals surface area contributed by atoms with Crippen molar-refractivity contribution in [3.63, 3.8) is 0 Å². The number of ether oxygens (including phenoxy) is 1. The third kappa shape index (κ3) is 3.05. The van der Waals surface area contributed by atoms with E-state index < -0.39 is 42.7 Å². The second-order valence-electron chi connectivity index (χ2n) is 4.73. The molecule has 0 bridgehead atoms. The molecule has 23 heavy (non-hydrogen) atoms. The fraction of sp³-hybridized carbons (Fsp3) is 0.417. The van der Waals surface area contributed by atoms with Crippen LogP contribution in [0.1, 0.15) is 11.8 Å². The average molecular weight is 335 g/mol. The van der Waals surface area contributed by atoms with Crippen LogP contribution in [0.25, 0.3) is 6.08 Å². The normalized spacial score (nSPS) is 26.7. The number of carboxylic acid groups (broad SMARTS) is 1. The molecule has 11 heteroatoms. The highest BCUT2D eigenvalue weighted by Crippen LogP contribution is 2.43. The highest BCUT2D eigenvalue weighted by molar-refractivity contribution is 5.86. The smallest absolute Gasteiger partial charge is 0.351 e. The van der Waals surface area contributed by atoms with Crippen molar-refractivity contribution in [2.24, 2.45) is 0 Å². The summed E-state index contributed by atoms with van der Waals surface area (Å²) in [7, 11) is 0. The summed E-state index contributed by atoms with van der Waals surface area (Å²) >= 11 is 0. The number of nitrogens with zero attached hydrogens (tertiary/aromatic N) is 2. The molecule has 2 heterocycles. The number of aliphatic hydroxyl groups is 1. The molecular weight excluding hydrogens is 323 g/mol. The Hall–Kier alpha value is -2.40. The lowest BCUT2D eigenvalue weighted by atomic mass is 10.1. The van der Waals surface area contributed by atoms with Gasteiger partial charge >= 0.3 is 17.6 Å². The molecule has 0 aromatic carbocycles. The van der Waals surface area contributed by atoms with Gasteiger partial charge in [-0.25, -0.2) is 14.0 Å². The van der Waals surface area contributed by atoms with Gasteiger partial charge in [-0.05, 0) is 6.08 Å². The fourth-order valence-corrected chi connectivity index (χ4v) is 2.05. The Bertz CT molecular complexity index is 706. The Labute approximate surface area is 126 Å². The van der Waals surface area contributed by atoms with E-state index in [1.165, 1.54) is 0 Å². The molecule has 8 nitrogen and oxygen atoms in total. The van der Waals surface area contributed by atoms with Crippen LogP contribution in [-0.4, -0.2) is 50.5 Å². The minimum absolute atomic E-state index is 0.144. The lowest BCUT2D eigenvalue weighted by Crippen LogP contribution is -2.40. The average Bonchev–Trinajstić information content (AvgIpc) is 2.69. The molecule has 1 saturated heterocycles. The van der Waals surface area contributed by atoms with Crippen molar-refractivity contribution >= 4 is 17.9 Å². The number of anilines is 1. The minimum Gasteiger partial charge on any atom is -0.478 e. The summed E-state index contributed by atoms with van der Waals surface area (Å²) in [5.74, 6) is -5.82. The molecule has 0 aliphatic carbocycles. The van der Waals surface area contributed by atoms with Gasteiger partial charge in [0.15, 0.2) is 6.17 Å². The number of nitrogen functional groups attached to an aromatic ring is 1. The standard InChI is InChI=1S/C12H12F3N3O5/c13-8-6(4-19)23-10(12(8,14)15)18-3-5(1-2-7(20)21)9(16)17-11(18)22/h1-3,6,8,10,19H,4H2,(H,20,21)(H2,16,17,22)/b2-1+. The van der Waals surface area contributed by atoms with Crippen molar-refractivity contribution in [1.82, 2.24) is 9.55 Å². The molecular formula is C12H12F3N3O5. The minimum atomic E-state index is -4.09. The number of alkyl halides is 3. The predicted octanol–water partition coefficient (Wildman–Crippen LogP) is -0.214. The molecule has 0 radical (unpaired) electrons. The fourth-order valence-electron chi connectivity index (χ4n) is 2.05. The third-order valence-electron chi connectivity index (χ3n) is 3.18. The van der Waals surface area contributed by atoms with Crippen LogP contribution in [0.3, 0.4) is 0 Å². The number of aliphatic hydroxyl groups excluding tert-OH is 1. The van der Waals surface area contributed by atoms with Crippen LogP contribution in [0.15, 0.2) is 17.1 Å². The van der Waals surface area contributed by atoms with Gasteiger partial charge in [0.2, 0.25) is 6.23 Å².